The number of aliphatic imine (C=N–C) groups is 1. The van der Waals surface area contributed by atoms with Crippen LogP contribution in [0.15, 0.2) is 53.9 Å². The van der Waals surface area contributed by atoms with E-state index < -0.39 is 0 Å². The Bertz CT molecular complexity index is 862. The molecule has 0 saturated heterocycles. The molecule has 2 aromatic rings. The molecule has 7 heteroatoms. The van der Waals surface area contributed by atoms with Crippen LogP contribution in [0.3, 0.4) is 0 Å². The molecule has 0 aromatic carbocycles. The zero-order chi connectivity index (χ0) is 22.5. The van der Waals surface area contributed by atoms with Crippen molar-refractivity contribution in [1.82, 2.24) is 9.97 Å². The van der Waals surface area contributed by atoms with Gasteiger partial charge in [0.1, 0.15) is 0 Å². The third kappa shape index (κ3) is 9.72. The summed E-state index contributed by atoms with van der Waals surface area (Å²) >= 11 is 9.04. The van der Waals surface area contributed by atoms with Crippen molar-refractivity contribution in [1.29, 1.82) is 0 Å². The van der Waals surface area contributed by atoms with Gasteiger partial charge in [-0.1, -0.05) is 46.2 Å². The van der Waals surface area contributed by atoms with Gasteiger partial charge in [0.25, 0.3) is 0 Å². The number of thiol groups is 2. The molecule has 3 heterocycles. The first kappa shape index (κ1) is 28.9. The highest BCUT2D eigenvalue weighted by Gasteiger charge is 2.20. The standard InChI is InChI=1S/C18H18N4S2.C3H8O.C2H6.CH4/c1-2-14-7-9-22(24)16-6-5-15(21-18(14)16)17(23)12-20-11-13-4-3-8-19-10-13;1-3(2)4;1-2;/h2-6,8,10-12,23-24H,7,9H2,1H3;3-4H,1-2H3;1-2H3;1H4/b14-2+,17-12-,20-11?;;;. The molecule has 2 aromatic heterocycles. The number of pyridine rings is 2. The summed E-state index contributed by atoms with van der Waals surface area (Å²) in [5.41, 5.74) is 4.96. The van der Waals surface area contributed by atoms with E-state index >= 15 is 0 Å². The van der Waals surface area contributed by atoms with Crippen molar-refractivity contribution in [3.05, 3.63) is 65.9 Å². The molecule has 0 saturated carbocycles. The van der Waals surface area contributed by atoms with E-state index in [1.165, 1.54) is 5.57 Å². The first-order valence-electron chi connectivity index (χ1n) is 10.1. The Balaban J connectivity index is 0.00000116. The molecule has 0 bridgehead atoms. The predicted molar refractivity (Wildman–Crippen MR) is 143 cm³/mol. The van der Waals surface area contributed by atoms with Gasteiger partial charge >= 0.3 is 0 Å². The van der Waals surface area contributed by atoms with Crippen LogP contribution in [0.1, 0.15) is 65.4 Å². The topological polar surface area (TPSA) is 61.6 Å². The number of nitrogens with zero attached hydrogens (tertiary/aromatic N) is 4. The molecule has 1 aliphatic rings. The first-order chi connectivity index (χ1) is 14.4. The molecule has 5 nitrogen and oxygen atoms in total. The van der Waals surface area contributed by atoms with Crippen molar-refractivity contribution < 1.29 is 5.11 Å². The minimum absolute atomic E-state index is 0. The van der Waals surface area contributed by atoms with Crippen molar-refractivity contribution in [3.63, 3.8) is 0 Å². The summed E-state index contributed by atoms with van der Waals surface area (Å²) < 4.78 is 1.93. The Hall–Kier alpha value is -2.09. The van der Waals surface area contributed by atoms with E-state index in [9.17, 15) is 0 Å². The van der Waals surface area contributed by atoms with E-state index in [0.29, 0.717) is 4.91 Å². The van der Waals surface area contributed by atoms with Crippen LogP contribution in [0.4, 0.5) is 5.69 Å². The monoisotopic (exact) mass is 460 g/mol. The van der Waals surface area contributed by atoms with Gasteiger partial charge in [-0.05, 0) is 51.0 Å². The highest BCUT2D eigenvalue weighted by molar-refractivity contribution is 7.90. The van der Waals surface area contributed by atoms with E-state index in [4.69, 9.17) is 10.1 Å². The molecular formula is C24H36N4OS2. The van der Waals surface area contributed by atoms with Crippen LogP contribution < -0.4 is 4.31 Å². The average Bonchev–Trinajstić information content (AvgIpc) is 2.75. The number of aromatic nitrogens is 2. The van der Waals surface area contributed by atoms with Crippen molar-refractivity contribution in [2.45, 2.75) is 54.6 Å². The fourth-order valence-corrected chi connectivity index (χ4v) is 2.95. The summed E-state index contributed by atoms with van der Waals surface area (Å²) in [5, 5.41) is 8.06. The second-order valence-electron chi connectivity index (χ2n) is 6.42. The molecule has 3 rings (SSSR count). The number of hydrogen-bond acceptors (Lipinski definition) is 7. The predicted octanol–water partition coefficient (Wildman–Crippen LogP) is 6.33. The number of aliphatic hydroxyl groups excluding tert-OH is 1. The van der Waals surface area contributed by atoms with Crippen LogP contribution >= 0.6 is 25.4 Å². The number of anilines is 1. The molecule has 0 atom stereocenters. The minimum Gasteiger partial charge on any atom is -0.394 e. The van der Waals surface area contributed by atoms with Crippen LogP contribution in [-0.2, 0) is 0 Å². The van der Waals surface area contributed by atoms with Gasteiger partial charge in [0, 0.05) is 47.9 Å². The highest BCUT2D eigenvalue weighted by Crippen LogP contribution is 2.35. The van der Waals surface area contributed by atoms with Crippen LogP contribution in [0, 0.1) is 0 Å². The van der Waals surface area contributed by atoms with Crippen molar-refractivity contribution in [2.24, 2.45) is 4.99 Å². The van der Waals surface area contributed by atoms with Crippen LogP contribution in [0.2, 0.25) is 0 Å². The molecule has 0 unspecified atom stereocenters. The van der Waals surface area contributed by atoms with Crippen LogP contribution in [-0.4, -0.2) is 33.9 Å². The zero-order valence-electron chi connectivity index (χ0n) is 18.3. The quantitative estimate of drug-likeness (QED) is 0.370. The van der Waals surface area contributed by atoms with E-state index in [-0.39, 0.29) is 13.5 Å². The Morgan fingerprint density at radius 2 is 1.94 bits per heavy atom. The van der Waals surface area contributed by atoms with Gasteiger partial charge in [-0.3, -0.25) is 9.98 Å². The molecule has 0 amide bonds. The fourth-order valence-electron chi connectivity index (χ4n) is 2.50. The van der Waals surface area contributed by atoms with Crippen LogP contribution in [0.5, 0.6) is 0 Å². The second-order valence-corrected chi connectivity index (χ2v) is 7.39. The fraction of sp³-hybridized carbons (Fsp3) is 0.375. The zero-order valence-corrected chi connectivity index (χ0v) is 20.1. The van der Waals surface area contributed by atoms with Gasteiger partial charge < -0.3 is 9.41 Å². The molecule has 0 aliphatic carbocycles. The maximum Gasteiger partial charge on any atom is 0.0908 e. The molecule has 0 radical (unpaired) electrons. The Morgan fingerprint density at radius 1 is 1.26 bits per heavy atom. The Labute approximate surface area is 199 Å². The van der Waals surface area contributed by atoms with Gasteiger partial charge in [0.15, 0.2) is 0 Å². The first-order valence-corrected chi connectivity index (χ1v) is 10.9. The Morgan fingerprint density at radius 3 is 2.52 bits per heavy atom. The van der Waals surface area contributed by atoms with Gasteiger partial charge in [0.05, 0.1) is 17.1 Å². The van der Waals surface area contributed by atoms with E-state index in [0.717, 1.165) is 35.6 Å². The summed E-state index contributed by atoms with van der Waals surface area (Å²) in [7, 11) is 0. The number of aliphatic hydroxyl groups is 1. The maximum absolute atomic E-state index is 8.06. The highest BCUT2D eigenvalue weighted by atomic mass is 32.1. The average molecular weight is 461 g/mol. The van der Waals surface area contributed by atoms with Gasteiger partial charge in [-0.25, -0.2) is 4.98 Å². The normalized spacial score (nSPS) is 14.3. The Kier molecular flexibility index (Phi) is 14.6. The lowest BCUT2D eigenvalue weighted by molar-refractivity contribution is 0.216. The smallest absolute Gasteiger partial charge is 0.0908 e. The second kappa shape index (κ2) is 15.7. The minimum atomic E-state index is -0.167. The number of allylic oxidation sites excluding steroid dienone is 1. The summed E-state index contributed by atoms with van der Waals surface area (Å²) in [6, 6.07) is 7.79. The maximum atomic E-state index is 8.06. The van der Waals surface area contributed by atoms with Crippen molar-refractivity contribution in [3.8, 4) is 0 Å². The van der Waals surface area contributed by atoms with E-state index in [1.807, 2.05) is 49.3 Å². The largest absolute Gasteiger partial charge is 0.394 e. The summed E-state index contributed by atoms with van der Waals surface area (Å²) in [6.07, 6.45) is 9.81. The summed E-state index contributed by atoms with van der Waals surface area (Å²) in [4.78, 5) is 13.8. The SMILES string of the molecule is C.C/C=C1\CCN(S)c2ccc(/C(S)=C/N=Cc3cccnc3)nc21.CC.CC(C)O. The van der Waals surface area contributed by atoms with Crippen molar-refractivity contribution >= 4 is 47.8 Å². The van der Waals surface area contributed by atoms with Gasteiger partial charge in [-0.2, -0.15) is 0 Å². The number of rotatable bonds is 3. The summed E-state index contributed by atoms with van der Waals surface area (Å²) in [6.45, 7) is 10.4. The third-order valence-corrected chi connectivity index (χ3v) is 4.52. The van der Waals surface area contributed by atoms with Crippen molar-refractivity contribution in [2.75, 3.05) is 10.8 Å². The van der Waals surface area contributed by atoms with Crippen LogP contribution in [0.25, 0.3) is 10.5 Å². The lowest BCUT2D eigenvalue weighted by atomic mass is 10.0. The lowest BCUT2D eigenvalue weighted by Crippen LogP contribution is -2.20. The molecule has 1 aliphatic heterocycles. The molecule has 0 fully saturated rings. The number of fused-ring (bicyclic) bond motifs is 1. The van der Waals surface area contributed by atoms with Gasteiger partial charge in [0.2, 0.25) is 0 Å². The number of hydrogen-bond donors (Lipinski definition) is 3. The summed E-state index contributed by atoms with van der Waals surface area (Å²) in [5.74, 6) is 0. The molecule has 170 valence electrons. The molecule has 31 heavy (non-hydrogen) atoms. The molecule has 0 spiro atoms. The lowest BCUT2D eigenvalue weighted by Gasteiger charge is -2.27. The van der Waals surface area contributed by atoms with Gasteiger partial charge in [-0.15, -0.1) is 12.6 Å². The molecular weight excluding hydrogens is 424 g/mol. The van der Waals surface area contributed by atoms with E-state index in [2.05, 4.69) is 41.5 Å². The van der Waals surface area contributed by atoms with E-state index in [1.54, 1.807) is 38.7 Å². The molecule has 1 N–H and O–H groups in total. The third-order valence-electron chi connectivity index (χ3n) is 3.76.